The molecule has 0 spiro atoms. The van der Waals surface area contributed by atoms with Crippen molar-refractivity contribution in [3.8, 4) is 5.75 Å². The van der Waals surface area contributed by atoms with Crippen molar-refractivity contribution in [2.24, 2.45) is 0 Å². The highest BCUT2D eigenvalue weighted by atomic mass is 32.2. The van der Waals surface area contributed by atoms with Gasteiger partial charge in [-0.05, 0) is 46.7 Å². The van der Waals surface area contributed by atoms with Gasteiger partial charge in [-0.2, -0.15) is 23.1 Å². The lowest BCUT2D eigenvalue weighted by molar-refractivity contribution is -0.301. The Morgan fingerprint density at radius 2 is 2.17 bits per heavy atom. The Kier molecular flexibility index (Phi) is 6.43. The van der Waals surface area contributed by atoms with E-state index < -0.39 is 5.97 Å². The van der Waals surface area contributed by atoms with Gasteiger partial charge in [-0.15, -0.1) is 0 Å². The Hall–Kier alpha value is -2.05. The number of allylic oxidation sites excluding steroid dienone is 1. The Bertz CT molecular complexity index is 705. The second kappa shape index (κ2) is 8.55. The summed E-state index contributed by atoms with van der Waals surface area (Å²) in [4.78, 5) is 22.7. The number of benzene rings is 1. The van der Waals surface area contributed by atoms with Crippen LogP contribution in [0.15, 0.2) is 41.1 Å². The number of hydrogen-bond acceptors (Lipinski definition) is 6. The summed E-state index contributed by atoms with van der Waals surface area (Å²) in [5, 5.41) is 14.4. The molecule has 0 N–H and O–H groups in total. The van der Waals surface area contributed by atoms with Crippen molar-refractivity contribution in [3.05, 3.63) is 57.8 Å². The molecule has 1 aromatic heterocycles. The Labute approximate surface area is 142 Å². The minimum atomic E-state index is -1.11. The fourth-order valence-corrected chi connectivity index (χ4v) is 3.27. The van der Waals surface area contributed by atoms with Crippen LogP contribution in [0.4, 0.5) is 0 Å². The summed E-state index contributed by atoms with van der Waals surface area (Å²) >= 11 is 2.78. The summed E-state index contributed by atoms with van der Waals surface area (Å²) in [6.45, 7) is 0. The number of carbonyl (C=O) groups is 2. The molecule has 0 atom stereocenters. The molecule has 0 bridgehead atoms. The van der Waals surface area contributed by atoms with Crippen molar-refractivity contribution in [1.29, 1.82) is 0 Å². The largest absolute Gasteiger partial charge is 0.549 e. The van der Waals surface area contributed by atoms with Crippen LogP contribution in [0.1, 0.15) is 21.5 Å². The van der Waals surface area contributed by atoms with Gasteiger partial charge in [0.05, 0.1) is 13.1 Å². The van der Waals surface area contributed by atoms with Crippen molar-refractivity contribution >= 4 is 40.9 Å². The zero-order valence-electron chi connectivity index (χ0n) is 12.5. The third kappa shape index (κ3) is 5.26. The van der Waals surface area contributed by atoms with Crippen LogP contribution in [0.2, 0.25) is 0 Å². The van der Waals surface area contributed by atoms with Crippen LogP contribution in [-0.2, 0) is 10.5 Å². The number of ether oxygens (including phenoxy) is 1. The zero-order valence-corrected chi connectivity index (χ0v) is 14.1. The SMILES string of the molecule is COc1ccc(C(=O)/C=C/c2ccsc2)cc1CSCC(=O)[O-]. The van der Waals surface area contributed by atoms with Gasteiger partial charge in [-0.1, -0.05) is 6.08 Å². The van der Waals surface area contributed by atoms with E-state index in [1.54, 1.807) is 42.7 Å². The third-order valence-corrected chi connectivity index (χ3v) is 4.67. The normalized spacial score (nSPS) is 10.8. The van der Waals surface area contributed by atoms with Gasteiger partial charge in [0, 0.05) is 22.6 Å². The fraction of sp³-hybridized carbons (Fsp3) is 0.176. The van der Waals surface area contributed by atoms with E-state index in [0.29, 0.717) is 17.1 Å². The number of rotatable bonds is 8. The van der Waals surface area contributed by atoms with E-state index in [0.717, 1.165) is 11.1 Å². The van der Waals surface area contributed by atoms with E-state index in [9.17, 15) is 14.7 Å². The average molecular weight is 347 g/mol. The quantitative estimate of drug-likeness (QED) is 0.542. The lowest BCUT2D eigenvalue weighted by atomic mass is 10.1. The smallest absolute Gasteiger partial charge is 0.185 e. The van der Waals surface area contributed by atoms with Crippen LogP contribution in [0.3, 0.4) is 0 Å². The van der Waals surface area contributed by atoms with Crippen LogP contribution in [0, 0.1) is 0 Å². The summed E-state index contributed by atoms with van der Waals surface area (Å²) in [5.74, 6) is -0.245. The number of carboxylic acids is 1. The first kappa shape index (κ1) is 17.3. The molecule has 0 aliphatic carbocycles. The molecule has 6 heteroatoms. The first-order valence-electron chi connectivity index (χ1n) is 6.79. The lowest BCUT2D eigenvalue weighted by Gasteiger charge is -2.10. The van der Waals surface area contributed by atoms with Crippen molar-refractivity contribution in [1.82, 2.24) is 0 Å². The van der Waals surface area contributed by atoms with E-state index in [1.165, 1.54) is 17.8 Å². The number of thiophene rings is 1. The molecule has 1 heterocycles. The maximum absolute atomic E-state index is 12.2. The Morgan fingerprint density at radius 3 is 2.83 bits per heavy atom. The van der Waals surface area contributed by atoms with Crippen molar-refractivity contribution in [2.75, 3.05) is 12.9 Å². The molecule has 0 radical (unpaired) electrons. The third-order valence-electron chi connectivity index (χ3n) is 3.01. The van der Waals surface area contributed by atoms with Crippen molar-refractivity contribution in [3.63, 3.8) is 0 Å². The summed E-state index contributed by atoms with van der Waals surface area (Å²) in [7, 11) is 1.54. The molecule has 0 saturated carbocycles. The minimum absolute atomic E-state index is 0.0978. The Morgan fingerprint density at radius 1 is 1.35 bits per heavy atom. The van der Waals surface area contributed by atoms with Crippen LogP contribution in [0.5, 0.6) is 5.75 Å². The predicted molar refractivity (Wildman–Crippen MR) is 91.8 cm³/mol. The van der Waals surface area contributed by atoms with Gasteiger partial charge in [0.2, 0.25) is 0 Å². The van der Waals surface area contributed by atoms with Gasteiger partial charge in [-0.3, -0.25) is 4.79 Å². The van der Waals surface area contributed by atoms with Gasteiger partial charge >= 0.3 is 0 Å². The molecule has 120 valence electrons. The van der Waals surface area contributed by atoms with Crippen molar-refractivity contribution in [2.45, 2.75) is 5.75 Å². The molecule has 2 rings (SSSR count). The number of ketones is 1. The van der Waals surface area contributed by atoms with E-state index in [2.05, 4.69) is 0 Å². The van der Waals surface area contributed by atoms with Gasteiger partial charge in [0.15, 0.2) is 5.78 Å². The highest BCUT2D eigenvalue weighted by molar-refractivity contribution is 7.99. The zero-order chi connectivity index (χ0) is 16.7. The van der Waals surface area contributed by atoms with Crippen LogP contribution < -0.4 is 9.84 Å². The molecule has 0 aliphatic rings. The molecule has 0 unspecified atom stereocenters. The molecule has 0 aliphatic heterocycles. The molecule has 1 aromatic carbocycles. The topological polar surface area (TPSA) is 66.4 Å². The van der Waals surface area contributed by atoms with Crippen LogP contribution >= 0.6 is 23.1 Å². The maximum atomic E-state index is 12.2. The number of methoxy groups -OCH3 is 1. The summed E-state index contributed by atoms with van der Waals surface area (Å²) < 4.78 is 5.25. The minimum Gasteiger partial charge on any atom is -0.549 e. The van der Waals surface area contributed by atoms with Crippen molar-refractivity contribution < 1.29 is 19.4 Å². The first-order valence-corrected chi connectivity index (χ1v) is 8.89. The van der Waals surface area contributed by atoms with E-state index >= 15 is 0 Å². The number of aliphatic carboxylic acids is 1. The highest BCUT2D eigenvalue weighted by Gasteiger charge is 2.09. The molecular weight excluding hydrogens is 332 g/mol. The summed E-state index contributed by atoms with van der Waals surface area (Å²) in [6, 6.07) is 7.10. The molecule has 0 saturated heterocycles. The number of carboxylic acid groups (broad SMARTS) is 1. The molecule has 4 nitrogen and oxygen atoms in total. The number of thioether (sulfide) groups is 1. The second-order valence-corrected chi connectivity index (χ2v) is 6.41. The number of hydrogen-bond donors (Lipinski definition) is 0. The standard InChI is InChI=1S/C17H16O4S2/c1-21-16-5-3-13(8-14(16)10-23-11-17(19)20)15(18)4-2-12-6-7-22-9-12/h2-9H,10-11H2,1H3,(H,19,20)/p-1/b4-2+. The molecule has 2 aromatic rings. The summed E-state index contributed by atoms with van der Waals surface area (Å²) in [5.41, 5.74) is 2.32. The maximum Gasteiger partial charge on any atom is 0.185 e. The van der Waals surface area contributed by atoms with Gasteiger partial charge in [-0.25, -0.2) is 0 Å². The van der Waals surface area contributed by atoms with Crippen LogP contribution in [-0.4, -0.2) is 24.6 Å². The van der Waals surface area contributed by atoms with E-state index in [1.807, 2.05) is 16.8 Å². The first-order chi connectivity index (χ1) is 11.1. The molecular formula is C17H15O4S2-. The van der Waals surface area contributed by atoms with Crippen LogP contribution in [0.25, 0.3) is 6.08 Å². The van der Waals surface area contributed by atoms with Gasteiger partial charge in [0.1, 0.15) is 5.75 Å². The number of carbonyl (C=O) groups excluding carboxylic acids is 2. The molecule has 0 fully saturated rings. The van der Waals surface area contributed by atoms with E-state index in [4.69, 9.17) is 4.74 Å². The van der Waals surface area contributed by atoms with Gasteiger partial charge in [0.25, 0.3) is 0 Å². The fourth-order valence-electron chi connectivity index (χ4n) is 1.93. The van der Waals surface area contributed by atoms with E-state index in [-0.39, 0.29) is 11.5 Å². The Balaban J connectivity index is 2.12. The second-order valence-electron chi connectivity index (χ2n) is 4.65. The summed E-state index contributed by atoms with van der Waals surface area (Å²) in [6.07, 6.45) is 3.30. The molecule has 23 heavy (non-hydrogen) atoms. The van der Waals surface area contributed by atoms with Gasteiger partial charge < -0.3 is 14.6 Å². The molecule has 0 amide bonds. The lowest BCUT2D eigenvalue weighted by Crippen LogP contribution is -2.24. The average Bonchev–Trinajstić information content (AvgIpc) is 3.05. The monoisotopic (exact) mass is 347 g/mol. The predicted octanol–water partition coefficient (Wildman–Crippen LogP) is 2.64. The highest BCUT2D eigenvalue weighted by Crippen LogP contribution is 2.25.